The van der Waals surface area contributed by atoms with E-state index in [0.29, 0.717) is 50.6 Å². The van der Waals surface area contributed by atoms with Crippen molar-refractivity contribution in [1.29, 1.82) is 0 Å². The van der Waals surface area contributed by atoms with Crippen molar-refractivity contribution in [2.45, 2.75) is 20.4 Å². The van der Waals surface area contributed by atoms with E-state index in [1.54, 1.807) is 24.1 Å². The van der Waals surface area contributed by atoms with E-state index < -0.39 is 0 Å². The van der Waals surface area contributed by atoms with Crippen LogP contribution in [0.15, 0.2) is 71.4 Å². The maximum atomic E-state index is 14.1. The van der Waals surface area contributed by atoms with Gasteiger partial charge in [-0.1, -0.05) is 58.4 Å². The first-order valence-electron chi connectivity index (χ1n) is 11.0. The molecular weight excluding hydrogens is 484 g/mol. The number of amides is 1. The van der Waals surface area contributed by atoms with Gasteiger partial charge in [-0.2, -0.15) is 0 Å². The summed E-state index contributed by atoms with van der Waals surface area (Å²) < 4.78 is 12.1. The van der Waals surface area contributed by atoms with Crippen LogP contribution in [0.5, 0.6) is 5.75 Å². The third kappa shape index (κ3) is 4.50. The Morgan fingerprint density at radius 1 is 1.11 bits per heavy atom. The molecule has 35 heavy (non-hydrogen) atoms. The van der Waals surface area contributed by atoms with Crippen molar-refractivity contribution in [2.75, 3.05) is 11.5 Å². The van der Waals surface area contributed by atoms with Crippen LogP contribution in [0, 0.1) is 6.92 Å². The van der Waals surface area contributed by atoms with Crippen molar-refractivity contribution in [3.8, 4) is 17.0 Å². The fourth-order valence-electron chi connectivity index (χ4n) is 3.78. The summed E-state index contributed by atoms with van der Waals surface area (Å²) in [5.41, 5.74) is 2.77. The topological polar surface area (TPSA) is 81.4 Å². The SMILES string of the molecule is CCOc1cccc2sc(N(Cc3ccccn3)C(=O)c3c(-c4ccccc4Cl)noc3C)nc12. The summed E-state index contributed by atoms with van der Waals surface area (Å²) in [6, 6.07) is 18.6. The minimum atomic E-state index is -0.304. The summed E-state index contributed by atoms with van der Waals surface area (Å²) in [4.78, 5) is 24.9. The van der Waals surface area contributed by atoms with E-state index in [1.807, 2.05) is 61.5 Å². The zero-order valence-corrected chi connectivity index (χ0v) is 20.6. The van der Waals surface area contributed by atoms with Crippen molar-refractivity contribution < 1.29 is 14.1 Å². The number of hydrogen-bond acceptors (Lipinski definition) is 7. The first kappa shape index (κ1) is 23.0. The molecule has 0 atom stereocenters. The average molecular weight is 505 g/mol. The molecule has 0 fully saturated rings. The maximum Gasteiger partial charge on any atom is 0.266 e. The van der Waals surface area contributed by atoms with Crippen LogP contribution in [0.3, 0.4) is 0 Å². The van der Waals surface area contributed by atoms with E-state index in [-0.39, 0.29) is 12.5 Å². The normalized spacial score (nSPS) is 11.1. The van der Waals surface area contributed by atoms with Crippen molar-refractivity contribution in [2.24, 2.45) is 0 Å². The molecule has 0 radical (unpaired) electrons. The van der Waals surface area contributed by atoms with Crippen LogP contribution in [-0.2, 0) is 6.54 Å². The van der Waals surface area contributed by atoms with E-state index in [0.717, 1.165) is 10.4 Å². The molecule has 0 saturated heterocycles. The third-order valence-corrected chi connectivity index (χ3v) is 6.77. The summed E-state index contributed by atoms with van der Waals surface area (Å²) in [5.74, 6) is 0.768. The molecule has 9 heteroatoms. The van der Waals surface area contributed by atoms with Gasteiger partial charge in [-0.15, -0.1) is 0 Å². The van der Waals surface area contributed by atoms with E-state index >= 15 is 0 Å². The standard InChI is InChI=1S/C26H21ClN4O3S/c1-3-33-20-12-8-13-21-24(20)29-26(35-21)31(15-17-9-6-7-14-28-17)25(32)22-16(2)34-30-23(22)18-10-4-5-11-19(18)27/h4-14H,3,15H2,1-2H3. The highest BCUT2D eigenvalue weighted by Gasteiger charge is 2.30. The predicted molar refractivity (Wildman–Crippen MR) is 137 cm³/mol. The van der Waals surface area contributed by atoms with Gasteiger partial charge in [0, 0.05) is 11.8 Å². The lowest BCUT2D eigenvalue weighted by Gasteiger charge is -2.19. The number of carbonyl (C=O) groups excluding carboxylic acids is 1. The summed E-state index contributed by atoms with van der Waals surface area (Å²) in [6.07, 6.45) is 1.70. The maximum absolute atomic E-state index is 14.1. The van der Waals surface area contributed by atoms with E-state index in [9.17, 15) is 4.79 Å². The number of thiazole rings is 1. The molecule has 5 rings (SSSR count). The number of anilines is 1. The largest absolute Gasteiger partial charge is 0.492 e. The molecule has 3 aromatic heterocycles. The molecule has 0 aliphatic heterocycles. The van der Waals surface area contributed by atoms with Crippen molar-refractivity contribution in [1.82, 2.24) is 15.1 Å². The number of pyridine rings is 1. The number of fused-ring (bicyclic) bond motifs is 1. The number of ether oxygens (including phenoxy) is 1. The lowest BCUT2D eigenvalue weighted by molar-refractivity contribution is 0.0984. The Hall–Kier alpha value is -3.75. The number of aryl methyl sites for hydroxylation is 1. The second-order valence-electron chi connectivity index (χ2n) is 7.69. The minimum absolute atomic E-state index is 0.218. The Bertz CT molecular complexity index is 1500. The monoisotopic (exact) mass is 504 g/mol. The third-order valence-electron chi connectivity index (χ3n) is 5.40. The van der Waals surface area contributed by atoms with Gasteiger partial charge in [-0.25, -0.2) is 4.98 Å². The highest BCUT2D eigenvalue weighted by Crippen LogP contribution is 2.37. The molecule has 0 bridgehead atoms. The van der Waals surface area contributed by atoms with Gasteiger partial charge in [-0.05, 0) is 44.2 Å². The molecule has 3 heterocycles. The summed E-state index contributed by atoms with van der Waals surface area (Å²) in [6.45, 7) is 4.37. The fraction of sp³-hybridized carbons (Fsp3) is 0.154. The highest BCUT2D eigenvalue weighted by atomic mass is 35.5. The van der Waals surface area contributed by atoms with E-state index in [1.165, 1.54) is 11.3 Å². The quantitative estimate of drug-likeness (QED) is 0.250. The Labute approximate surface area is 210 Å². The van der Waals surface area contributed by atoms with Gasteiger partial charge in [-0.3, -0.25) is 14.7 Å². The van der Waals surface area contributed by atoms with E-state index in [2.05, 4.69) is 10.1 Å². The molecule has 7 nitrogen and oxygen atoms in total. The van der Waals surface area contributed by atoms with Crippen LogP contribution < -0.4 is 9.64 Å². The van der Waals surface area contributed by atoms with Crippen LogP contribution in [0.1, 0.15) is 28.7 Å². The van der Waals surface area contributed by atoms with E-state index in [4.69, 9.17) is 25.8 Å². The zero-order valence-electron chi connectivity index (χ0n) is 19.1. The lowest BCUT2D eigenvalue weighted by atomic mass is 10.0. The second kappa shape index (κ2) is 9.85. The minimum Gasteiger partial charge on any atom is -0.492 e. The number of benzene rings is 2. The Morgan fingerprint density at radius 3 is 2.71 bits per heavy atom. The van der Waals surface area contributed by atoms with Crippen molar-refractivity contribution in [3.05, 3.63) is 88.9 Å². The molecule has 0 aliphatic carbocycles. The van der Waals surface area contributed by atoms with Gasteiger partial charge in [0.25, 0.3) is 5.91 Å². The molecule has 0 aliphatic rings. The zero-order chi connectivity index (χ0) is 24.4. The van der Waals surface area contributed by atoms with Gasteiger partial charge in [0.15, 0.2) is 5.13 Å². The molecule has 0 N–H and O–H groups in total. The molecule has 0 saturated carbocycles. The Kier molecular flexibility index (Phi) is 6.48. The second-order valence-corrected chi connectivity index (χ2v) is 9.10. The van der Waals surface area contributed by atoms with Gasteiger partial charge in [0.2, 0.25) is 0 Å². The van der Waals surface area contributed by atoms with Crippen LogP contribution >= 0.6 is 22.9 Å². The molecule has 176 valence electrons. The first-order valence-corrected chi connectivity index (χ1v) is 12.2. The summed E-state index contributed by atoms with van der Waals surface area (Å²) in [5, 5.41) is 5.17. The van der Waals surface area contributed by atoms with Gasteiger partial charge in [0.1, 0.15) is 28.3 Å². The molecular formula is C26H21ClN4O3S. The number of para-hydroxylation sites is 1. The van der Waals surface area contributed by atoms with Crippen LogP contribution in [0.4, 0.5) is 5.13 Å². The Balaban J connectivity index is 1.64. The summed E-state index contributed by atoms with van der Waals surface area (Å²) in [7, 11) is 0. The predicted octanol–water partition coefficient (Wildman–Crippen LogP) is 6.55. The van der Waals surface area contributed by atoms with Gasteiger partial charge >= 0.3 is 0 Å². The number of halogens is 1. The summed E-state index contributed by atoms with van der Waals surface area (Å²) >= 11 is 7.84. The smallest absolute Gasteiger partial charge is 0.266 e. The fourth-order valence-corrected chi connectivity index (χ4v) is 4.98. The first-order chi connectivity index (χ1) is 17.1. The van der Waals surface area contributed by atoms with Crippen LogP contribution in [0.25, 0.3) is 21.5 Å². The number of nitrogens with zero attached hydrogens (tertiary/aromatic N) is 4. The van der Waals surface area contributed by atoms with Crippen molar-refractivity contribution >= 4 is 44.2 Å². The van der Waals surface area contributed by atoms with Gasteiger partial charge in [0.05, 0.1) is 28.6 Å². The van der Waals surface area contributed by atoms with Crippen LogP contribution in [0.2, 0.25) is 5.02 Å². The average Bonchev–Trinajstić information content (AvgIpc) is 3.47. The number of hydrogen-bond donors (Lipinski definition) is 0. The number of rotatable bonds is 7. The molecule has 1 amide bonds. The number of aromatic nitrogens is 3. The van der Waals surface area contributed by atoms with Crippen molar-refractivity contribution in [3.63, 3.8) is 0 Å². The number of carbonyl (C=O) groups is 1. The van der Waals surface area contributed by atoms with Gasteiger partial charge < -0.3 is 9.26 Å². The Morgan fingerprint density at radius 2 is 1.94 bits per heavy atom. The molecule has 0 spiro atoms. The van der Waals surface area contributed by atoms with Crippen LogP contribution in [-0.4, -0.2) is 27.6 Å². The highest BCUT2D eigenvalue weighted by molar-refractivity contribution is 7.22. The molecule has 0 unspecified atom stereocenters. The lowest BCUT2D eigenvalue weighted by Crippen LogP contribution is -2.31. The molecule has 5 aromatic rings. The molecule has 2 aromatic carbocycles.